The molecule has 0 bridgehead atoms. The van der Waals surface area contributed by atoms with Crippen molar-refractivity contribution in [3.8, 4) is 11.5 Å². The molecule has 29 heavy (non-hydrogen) atoms. The second-order valence-corrected chi connectivity index (χ2v) is 6.95. The maximum Gasteiger partial charge on any atom is 0.233 e. The second-order valence-electron chi connectivity index (χ2n) is 5.84. The fraction of sp³-hybridized carbons (Fsp3) is 0.0500. The van der Waals surface area contributed by atoms with E-state index in [9.17, 15) is 18.4 Å². The Morgan fingerprint density at radius 3 is 2.24 bits per heavy atom. The predicted octanol–water partition coefficient (Wildman–Crippen LogP) is 4.72. The lowest BCUT2D eigenvalue weighted by molar-refractivity contribution is -0.123. The predicted molar refractivity (Wildman–Crippen MR) is 112 cm³/mol. The average Bonchev–Trinajstić information content (AvgIpc) is 2.66. The lowest BCUT2D eigenvalue weighted by Gasteiger charge is -2.10. The summed E-state index contributed by atoms with van der Waals surface area (Å²) in [5.41, 5.74) is 0.543. The van der Waals surface area contributed by atoms with Crippen molar-refractivity contribution in [1.82, 2.24) is 4.98 Å². The first kappa shape index (κ1) is 20.6. The molecule has 6 nitrogen and oxygen atoms in total. The lowest BCUT2D eigenvalue weighted by Crippen LogP contribution is -2.21. The van der Waals surface area contributed by atoms with Gasteiger partial charge in [0.25, 0.3) is 0 Å². The lowest BCUT2D eigenvalue weighted by atomic mass is 10.2. The van der Waals surface area contributed by atoms with Gasteiger partial charge in [0.2, 0.25) is 11.8 Å². The molecule has 0 aliphatic heterocycles. The van der Waals surface area contributed by atoms with Gasteiger partial charge in [-0.1, -0.05) is 0 Å². The van der Waals surface area contributed by atoms with E-state index in [0.717, 1.165) is 6.07 Å². The van der Waals surface area contributed by atoms with Crippen LogP contribution in [0.25, 0.3) is 0 Å². The molecule has 2 aromatic carbocycles. The third-order valence-electron chi connectivity index (χ3n) is 3.59. The van der Waals surface area contributed by atoms with E-state index in [1.807, 2.05) is 22.6 Å². The number of halogens is 3. The Morgan fingerprint density at radius 1 is 0.931 bits per heavy atom. The van der Waals surface area contributed by atoms with Gasteiger partial charge >= 0.3 is 0 Å². The van der Waals surface area contributed by atoms with Gasteiger partial charge in [0.1, 0.15) is 21.7 Å². The number of hydrogen-bond donors (Lipinski definition) is 2. The number of ether oxygens (including phenoxy) is 1. The zero-order valence-corrected chi connectivity index (χ0v) is 16.9. The van der Waals surface area contributed by atoms with Crippen molar-refractivity contribution in [1.29, 1.82) is 0 Å². The van der Waals surface area contributed by atoms with Gasteiger partial charge in [0, 0.05) is 29.7 Å². The summed E-state index contributed by atoms with van der Waals surface area (Å²) in [4.78, 5) is 27.9. The minimum absolute atomic E-state index is 0.0148. The molecule has 9 heteroatoms. The average molecular weight is 509 g/mol. The topological polar surface area (TPSA) is 80.3 Å². The van der Waals surface area contributed by atoms with Gasteiger partial charge in [-0.3, -0.25) is 14.6 Å². The Morgan fingerprint density at radius 2 is 1.59 bits per heavy atom. The van der Waals surface area contributed by atoms with E-state index in [1.54, 1.807) is 18.3 Å². The van der Waals surface area contributed by atoms with E-state index in [2.05, 4.69) is 15.6 Å². The molecule has 0 fully saturated rings. The highest BCUT2D eigenvalue weighted by molar-refractivity contribution is 14.1. The highest BCUT2D eigenvalue weighted by atomic mass is 127. The van der Waals surface area contributed by atoms with Crippen LogP contribution in [0.3, 0.4) is 0 Å². The SMILES string of the molecule is O=C(CC(=O)Nc1ccc(Oc2ccnc(I)c2)c(F)c1)Nc1ccc(F)cc1. The fourth-order valence-electron chi connectivity index (χ4n) is 2.33. The molecule has 0 atom stereocenters. The molecule has 3 aromatic rings. The summed E-state index contributed by atoms with van der Waals surface area (Å²) in [7, 11) is 0. The number of anilines is 2. The highest BCUT2D eigenvalue weighted by Crippen LogP contribution is 2.27. The zero-order chi connectivity index (χ0) is 20.8. The van der Waals surface area contributed by atoms with Gasteiger partial charge in [-0.15, -0.1) is 0 Å². The minimum Gasteiger partial charge on any atom is -0.454 e. The summed E-state index contributed by atoms with van der Waals surface area (Å²) >= 11 is 2.01. The number of pyridine rings is 1. The minimum atomic E-state index is -0.676. The molecule has 2 N–H and O–H groups in total. The van der Waals surface area contributed by atoms with Crippen molar-refractivity contribution in [2.45, 2.75) is 6.42 Å². The summed E-state index contributed by atoms with van der Waals surface area (Å²) in [5.74, 6) is -1.90. The van der Waals surface area contributed by atoms with E-state index in [4.69, 9.17) is 4.74 Å². The van der Waals surface area contributed by atoms with Gasteiger partial charge in [0.15, 0.2) is 11.6 Å². The van der Waals surface area contributed by atoms with Crippen molar-refractivity contribution in [2.75, 3.05) is 10.6 Å². The van der Waals surface area contributed by atoms with E-state index in [-0.39, 0.29) is 11.4 Å². The van der Waals surface area contributed by atoms with Crippen molar-refractivity contribution in [3.63, 3.8) is 0 Å². The maximum absolute atomic E-state index is 14.3. The number of aromatic nitrogens is 1. The Kier molecular flexibility index (Phi) is 6.70. The van der Waals surface area contributed by atoms with Crippen molar-refractivity contribution in [2.24, 2.45) is 0 Å². The number of nitrogens with zero attached hydrogens (tertiary/aromatic N) is 1. The summed E-state index contributed by atoms with van der Waals surface area (Å²) in [6, 6.07) is 12.3. The van der Waals surface area contributed by atoms with Crippen LogP contribution in [0.2, 0.25) is 0 Å². The van der Waals surface area contributed by atoms with Crippen LogP contribution in [0.5, 0.6) is 11.5 Å². The Labute approximate surface area is 178 Å². The van der Waals surface area contributed by atoms with Crippen molar-refractivity contribution >= 4 is 45.8 Å². The quantitative estimate of drug-likeness (QED) is 0.286. The third-order valence-corrected chi connectivity index (χ3v) is 4.18. The number of nitrogens with one attached hydrogen (secondary N) is 2. The summed E-state index contributed by atoms with van der Waals surface area (Å²) < 4.78 is 33.3. The zero-order valence-electron chi connectivity index (χ0n) is 14.8. The number of amides is 2. The molecule has 0 unspecified atom stereocenters. The third kappa shape index (κ3) is 6.21. The molecular formula is C20H14F2IN3O3. The molecule has 2 amide bonds. The van der Waals surface area contributed by atoms with Crippen LogP contribution in [0.15, 0.2) is 60.8 Å². The Bertz CT molecular complexity index is 1050. The molecule has 0 saturated carbocycles. The molecule has 0 aliphatic rings. The number of carbonyl (C=O) groups excluding carboxylic acids is 2. The van der Waals surface area contributed by atoms with Gasteiger partial charge < -0.3 is 15.4 Å². The smallest absolute Gasteiger partial charge is 0.233 e. The van der Waals surface area contributed by atoms with Gasteiger partial charge in [-0.05, 0) is 65.1 Å². The van der Waals surface area contributed by atoms with Gasteiger partial charge in [-0.2, -0.15) is 0 Å². The normalized spacial score (nSPS) is 10.3. The Hall–Kier alpha value is -3.08. The molecule has 0 spiro atoms. The van der Waals surface area contributed by atoms with Gasteiger partial charge in [0.05, 0.1) is 0 Å². The molecule has 1 heterocycles. The molecule has 1 aromatic heterocycles. The first-order valence-electron chi connectivity index (χ1n) is 8.33. The molecule has 148 valence electrons. The summed E-state index contributed by atoms with van der Waals surface area (Å²) in [6.45, 7) is 0. The second kappa shape index (κ2) is 9.41. The summed E-state index contributed by atoms with van der Waals surface area (Å²) in [6.07, 6.45) is 1.06. The van der Waals surface area contributed by atoms with Gasteiger partial charge in [-0.25, -0.2) is 8.78 Å². The van der Waals surface area contributed by atoms with Crippen LogP contribution in [-0.4, -0.2) is 16.8 Å². The van der Waals surface area contributed by atoms with Crippen LogP contribution in [0.4, 0.5) is 20.2 Å². The standard InChI is InChI=1S/C20H14F2IN3O3/c21-12-1-3-13(4-2-12)25-19(27)11-20(28)26-14-5-6-17(16(22)9-14)29-15-7-8-24-18(23)10-15/h1-10H,11H2,(H,25,27)(H,26,28). The first-order valence-corrected chi connectivity index (χ1v) is 9.41. The largest absolute Gasteiger partial charge is 0.454 e. The Balaban J connectivity index is 1.56. The maximum atomic E-state index is 14.3. The summed E-state index contributed by atoms with van der Waals surface area (Å²) in [5, 5.41) is 4.91. The van der Waals surface area contributed by atoms with E-state index in [1.165, 1.54) is 36.4 Å². The van der Waals surface area contributed by atoms with Crippen molar-refractivity contribution < 1.29 is 23.1 Å². The number of rotatable bonds is 6. The van der Waals surface area contributed by atoms with E-state index < -0.39 is 29.9 Å². The van der Waals surface area contributed by atoms with Crippen LogP contribution < -0.4 is 15.4 Å². The number of hydrogen-bond acceptors (Lipinski definition) is 4. The molecular weight excluding hydrogens is 495 g/mol. The monoisotopic (exact) mass is 509 g/mol. The van der Waals surface area contributed by atoms with Crippen molar-refractivity contribution in [3.05, 3.63) is 76.1 Å². The number of carbonyl (C=O) groups is 2. The van der Waals surface area contributed by atoms with Crippen LogP contribution in [0.1, 0.15) is 6.42 Å². The number of benzene rings is 2. The molecule has 0 radical (unpaired) electrons. The fourth-order valence-corrected chi connectivity index (χ4v) is 2.79. The molecule has 0 saturated heterocycles. The molecule has 0 aliphatic carbocycles. The van der Waals surface area contributed by atoms with Crippen LogP contribution in [-0.2, 0) is 9.59 Å². The van der Waals surface area contributed by atoms with E-state index in [0.29, 0.717) is 15.1 Å². The van der Waals surface area contributed by atoms with Crippen LogP contribution >= 0.6 is 22.6 Å². The molecule has 3 rings (SSSR count). The van der Waals surface area contributed by atoms with Crippen LogP contribution in [0, 0.1) is 15.3 Å². The van der Waals surface area contributed by atoms with E-state index >= 15 is 0 Å². The first-order chi connectivity index (χ1) is 13.9. The highest BCUT2D eigenvalue weighted by Gasteiger charge is 2.12.